The van der Waals surface area contributed by atoms with Crippen molar-refractivity contribution < 1.29 is 9.53 Å². The standard InChI is InChI=1S/C31H25NO2/c1-5-20-14-16-22-17-15-21-10-6-7-11-23(21)29(22)28(20)26-18-19-27(25-13-9-8-12-24(25)26)32-30(33)34-31(2,3)4/h1,6-19H,2-4H3,(H,32,33). The van der Waals surface area contributed by atoms with E-state index in [0.29, 0.717) is 5.69 Å². The number of anilines is 1. The van der Waals surface area contributed by atoms with Gasteiger partial charge in [0, 0.05) is 16.5 Å². The third-order valence-corrected chi connectivity index (χ3v) is 5.89. The zero-order chi connectivity index (χ0) is 23.9. The van der Waals surface area contributed by atoms with E-state index in [0.717, 1.165) is 49.0 Å². The van der Waals surface area contributed by atoms with Gasteiger partial charge in [0.25, 0.3) is 0 Å². The molecule has 0 bridgehead atoms. The Bertz CT molecular complexity index is 1620. The number of terminal acetylenes is 1. The van der Waals surface area contributed by atoms with Gasteiger partial charge in [-0.25, -0.2) is 4.79 Å². The highest BCUT2D eigenvalue weighted by atomic mass is 16.6. The predicted octanol–water partition coefficient (Wildman–Crippen LogP) is 8.14. The Kier molecular flexibility index (Phi) is 5.23. The first-order valence-electron chi connectivity index (χ1n) is 11.3. The van der Waals surface area contributed by atoms with Gasteiger partial charge in [0.1, 0.15) is 5.60 Å². The van der Waals surface area contributed by atoms with E-state index in [1.807, 2.05) is 63.2 Å². The number of carbonyl (C=O) groups excluding carboxylic acids is 1. The van der Waals surface area contributed by atoms with Crippen LogP contribution in [-0.4, -0.2) is 11.7 Å². The second-order valence-electron chi connectivity index (χ2n) is 9.35. The molecule has 0 aliphatic heterocycles. The van der Waals surface area contributed by atoms with E-state index in [9.17, 15) is 4.79 Å². The van der Waals surface area contributed by atoms with Gasteiger partial charge in [-0.05, 0) is 65.4 Å². The number of hydrogen-bond acceptors (Lipinski definition) is 2. The fourth-order valence-electron chi connectivity index (χ4n) is 4.54. The Balaban J connectivity index is 1.78. The van der Waals surface area contributed by atoms with Crippen molar-refractivity contribution in [2.45, 2.75) is 26.4 Å². The molecule has 0 unspecified atom stereocenters. The van der Waals surface area contributed by atoms with Crippen LogP contribution in [0.3, 0.4) is 0 Å². The van der Waals surface area contributed by atoms with Crippen molar-refractivity contribution >= 4 is 44.1 Å². The lowest BCUT2D eigenvalue weighted by Crippen LogP contribution is -2.27. The predicted molar refractivity (Wildman–Crippen MR) is 142 cm³/mol. The summed E-state index contributed by atoms with van der Waals surface area (Å²) in [4.78, 5) is 12.5. The highest BCUT2D eigenvalue weighted by Gasteiger charge is 2.19. The molecule has 0 aliphatic carbocycles. The molecular weight excluding hydrogens is 418 g/mol. The topological polar surface area (TPSA) is 38.3 Å². The van der Waals surface area contributed by atoms with Gasteiger partial charge in [-0.15, -0.1) is 6.42 Å². The summed E-state index contributed by atoms with van der Waals surface area (Å²) >= 11 is 0. The zero-order valence-electron chi connectivity index (χ0n) is 19.5. The molecule has 0 aliphatic rings. The van der Waals surface area contributed by atoms with Gasteiger partial charge in [-0.1, -0.05) is 78.7 Å². The van der Waals surface area contributed by atoms with Crippen molar-refractivity contribution in [3.8, 4) is 23.5 Å². The fourth-order valence-corrected chi connectivity index (χ4v) is 4.54. The van der Waals surface area contributed by atoms with E-state index in [2.05, 4.69) is 53.7 Å². The van der Waals surface area contributed by atoms with Gasteiger partial charge >= 0.3 is 6.09 Å². The third-order valence-electron chi connectivity index (χ3n) is 5.89. The lowest BCUT2D eigenvalue weighted by molar-refractivity contribution is 0.0636. The highest BCUT2D eigenvalue weighted by Crippen LogP contribution is 2.41. The van der Waals surface area contributed by atoms with Crippen LogP contribution in [0.1, 0.15) is 26.3 Å². The van der Waals surface area contributed by atoms with Crippen molar-refractivity contribution in [3.63, 3.8) is 0 Å². The van der Waals surface area contributed by atoms with Crippen molar-refractivity contribution in [2.75, 3.05) is 5.32 Å². The van der Waals surface area contributed by atoms with Crippen LogP contribution in [0.5, 0.6) is 0 Å². The Morgan fingerprint density at radius 2 is 1.44 bits per heavy atom. The first kappa shape index (κ1) is 21.6. The van der Waals surface area contributed by atoms with Crippen molar-refractivity contribution in [1.82, 2.24) is 0 Å². The summed E-state index contributed by atoms with van der Waals surface area (Å²) < 4.78 is 5.47. The SMILES string of the molecule is C#Cc1ccc2ccc3ccccc3c2c1-c1ccc(NC(=O)OC(C)(C)C)c2ccccc12. The number of amides is 1. The van der Waals surface area contributed by atoms with Gasteiger partial charge in [0.2, 0.25) is 0 Å². The molecule has 0 aromatic heterocycles. The van der Waals surface area contributed by atoms with Crippen LogP contribution >= 0.6 is 0 Å². The Morgan fingerprint density at radius 1 is 0.794 bits per heavy atom. The van der Waals surface area contributed by atoms with Crippen LogP contribution in [0.25, 0.3) is 43.4 Å². The molecule has 0 heterocycles. The van der Waals surface area contributed by atoms with E-state index < -0.39 is 11.7 Å². The summed E-state index contributed by atoms with van der Waals surface area (Å²) in [6.07, 6.45) is 5.52. The lowest BCUT2D eigenvalue weighted by atomic mass is 9.87. The van der Waals surface area contributed by atoms with Crippen LogP contribution in [0, 0.1) is 12.3 Å². The monoisotopic (exact) mass is 443 g/mol. The van der Waals surface area contributed by atoms with Crippen molar-refractivity contribution in [3.05, 3.63) is 90.5 Å². The summed E-state index contributed by atoms with van der Waals surface area (Å²) in [6.45, 7) is 5.54. The molecule has 0 radical (unpaired) electrons. The summed E-state index contributed by atoms with van der Waals surface area (Å²) in [5, 5.41) is 9.43. The average Bonchev–Trinajstić information content (AvgIpc) is 2.82. The Hall–Kier alpha value is -4.29. The molecule has 0 saturated heterocycles. The summed E-state index contributed by atoms with van der Waals surface area (Å²) in [7, 11) is 0. The van der Waals surface area contributed by atoms with Gasteiger partial charge in [0.15, 0.2) is 0 Å². The number of benzene rings is 5. The molecule has 0 fully saturated rings. The number of carbonyl (C=O) groups is 1. The normalized spacial score (nSPS) is 11.5. The number of hydrogen-bond donors (Lipinski definition) is 1. The van der Waals surface area contributed by atoms with Crippen LogP contribution in [-0.2, 0) is 4.74 Å². The molecule has 0 saturated carbocycles. The van der Waals surface area contributed by atoms with E-state index in [-0.39, 0.29) is 0 Å². The Labute approximate surface area is 199 Å². The molecule has 3 nitrogen and oxygen atoms in total. The van der Waals surface area contributed by atoms with Crippen LogP contribution in [0.15, 0.2) is 84.9 Å². The van der Waals surface area contributed by atoms with E-state index in [4.69, 9.17) is 11.2 Å². The maximum absolute atomic E-state index is 12.5. The van der Waals surface area contributed by atoms with Crippen LogP contribution in [0.4, 0.5) is 10.5 Å². The first-order chi connectivity index (χ1) is 16.4. The number of rotatable bonds is 2. The number of fused-ring (bicyclic) bond motifs is 4. The second kappa shape index (κ2) is 8.24. The summed E-state index contributed by atoms with van der Waals surface area (Å²) in [5.41, 5.74) is 3.01. The van der Waals surface area contributed by atoms with E-state index in [1.54, 1.807) is 0 Å². The molecule has 0 atom stereocenters. The maximum atomic E-state index is 12.5. The molecule has 1 amide bonds. The lowest BCUT2D eigenvalue weighted by Gasteiger charge is -2.21. The minimum Gasteiger partial charge on any atom is -0.444 e. The van der Waals surface area contributed by atoms with Gasteiger partial charge < -0.3 is 4.74 Å². The highest BCUT2D eigenvalue weighted by molar-refractivity contribution is 6.19. The first-order valence-corrected chi connectivity index (χ1v) is 11.3. The molecule has 5 aromatic carbocycles. The van der Waals surface area contributed by atoms with Gasteiger partial charge in [0.05, 0.1) is 5.69 Å². The Morgan fingerprint density at radius 3 is 2.18 bits per heavy atom. The van der Waals surface area contributed by atoms with Crippen LogP contribution < -0.4 is 5.32 Å². The quantitative estimate of drug-likeness (QED) is 0.221. The molecule has 0 spiro atoms. The fraction of sp³-hybridized carbons (Fsp3) is 0.129. The molecule has 5 rings (SSSR count). The molecule has 166 valence electrons. The minimum absolute atomic E-state index is 0.481. The molecule has 5 aromatic rings. The average molecular weight is 444 g/mol. The van der Waals surface area contributed by atoms with Gasteiger partial charge in [-0.2, -0.15) is 0 Å². The maximum Gasteiger partial charge on any atom is 0.412 e. The largest absolute Gasteiger partial charge is 0.444 e. The van der Waals surface area contributed by atoms with Crippen molar-refractivity contribution in [1.29, 1.82) is 0 Å². The minimum atomic E-state index is -0.578. The van der Waals surface area contributed by atoms with Gasteiger partial charge in [-0.3, -0.25) is 5.32 Å². The molecular formula is C31H25NO2. The summed E-state index contributed by atoms with van der Waals surface area (Å²) in [5.74, 6) is 2.90. The zero-order valence-corrected chi connectivity index (χ0v) is 19.5. The van der Waals surface area contributed by atoms with Crippen LogP contribution in [0.2, 0.25) is 0 Å². The second-order valence-corrected chi connectivity index (χ2v) is 9.35. The number of nitrogens with one attached hydrogen (secondary N) is 1. The number of ether oxygens (including phenoxy) is 1. The molecule has 34 heavy (non-hydrogen) atoms. The van der Waals surface area contributed by atoms with E-state index >= 15 is 0 Å². The smallest absolute Gasteiger partial charge is 0.412 e. The summed E-state index contributed by atoms with van der Waals surface area (Å²) in [6, 6.07) is 28.7. The van der Waals surface area contributed by atoms with E-state index in [1.165, 1.54) is 0 Å². The third kappa shape index (κ3) is 3.84. The molecule has 1 N–H and O–H groups in total. The van der Waals surface area contributed by atoms with Crippen molar-refractivity contribution in [2.24, 2.45) is 0 Å². The molecule has 3 heteroatoms.